The second-order valence-electron chi connectivity index (χ2n) is 4.10. The third-order valence-electron chi connectivity index (χ3n) is 2.48. The van der Waals surface area contributed by atoms with Crippen LogP contribution in [-0.4, -0.2) is 30.4 Å². The first kappa shape index (κ1) is 11.9. The van der Waals surface area contributed by atoms with Crippen LogP contribution >= 0.6 is 15.9 Å². The fourth-order valence-electron chi connectivity index (χ4n) is 1.37. The first-order valence-corrected chi connectivity index (χ1v) is 6.33. The zero-order valence-corrected chi connectivity index (χ0v) is 10.6. The van der Waals surface area contributed by atoms with Crippen molar-refractivity contribution in [3.05, 3.63) is 28.7 Å². The fourth-order valence-corrected chi connectivity index (χ4v) is 1.64. The summed E-state index contributed by atoms with van der Waals surface area (Å²) in [5, 5.41) is 12.9. The number of aliphatic hydroxyl groups is 1. The SMILES string of the molecule is OC(CNC1CC1)COc1ccc(Br)cc1. The standard InChI is InChI=1S/C12H16BrNO2/c13-9-1-5-12(6-2-9)16-8-11(15)7-14-10-3-4-10/h1-2,5-6,10-11,14-15H,3-4,7-8H2. The smallest absolute Gasteiger partial charge is 0.119 e. The Bertz CT molecular complexity index is 324. The van der Waals surface area contributed by atoms with E-state index in [4.69, 9.17) is 4.74 Å². The van der Waals surface area contributed by atoms with Crippen LogP contribution in [0.2, 0.25) is 0 Å². The molecule has 1 aliphatic rings. The Hall–Kier alpha value is -0.580. The Labute approximate surface area is 104 Å². The number of hydrogen-bond donors (Lipinski definition) is 2. The van der Waals surface area contributed by atoms with Crippen molar-refractivity contribution in [2.75, 3.05) is 13.2 Å². The molecule has 1 aliphatic carbocycles. The van der Waals surface area contributed by atoms with E-state index in [9.17, 15) is 5.11 Å². The molecule has 2 rings (SSSR count). The maximum Gasteiger partial charge on any atom is 0.119 e. The Balaban J connectivity index is 1.67. The second-order valence-corrected chi connectivity index (χ2v) is 5.02. The Kier molecular flexibility index (Phi) is 4.21. The van der Waals surface area contributed by atoms with Crippen molar-refractivity contribution in [1.82, 2.24) is 5.32 Å². The van der Waals surface area contributed by atoms with Gasteiger partial charge >= 0.3 is 0 Å². The molecule has 0 spiro atoms. The highest BCUT2D eigenvalue weighted by atomic mass is 79.9. The van der Waals surface area contributed by atoms with Gasteiger partial charge in [0, 0.05) is 17.1 Å². The highest BCUT2D eigenvalue weighted by molar-refractivity contribution is 9.10. The lowest BCUT2D eigenvalue weighted by Gasteiger charge is -2.12. The quantitative estimate of drug-likeness (QED) is 0.839. The van der Waals surface area contributed by atoms with Gasteiger partial charge in [0.2, 0.25) is 0 Å². The van der Waals surface area contributed by atoms with Gasteiger partial charge in [-0.3, -0.25) is 0 Å². The molecule has 4 heteroatoms. The molecular weight excluding hydrogens is 270 g/mol. The van der Waals surface area contributed by atoms with Crippen LogP contribution in [0, 0.1) is 0 Å². The van der Waals surface area contributed by atoms with Gasteiger partial charge in [-0.15, -0.1) is 0 Å². The van der Waals surface area contributed by atoms with E-state index in [2.05, 4.69) is 21.2 Å². The highest BCUT2D eigenvalue weighted by Gasteiger charge is 2.21. The summed E-state index contributed by atoms with van der Waals surface area (Å²) < 4.78 is 6.49. The maximum atomic E-state index is 9.64. The molecule has 0 saturated heterocycles. The van der Waals surface area contributed by atoms with Crippen LogP contribution in [0.4, 0.5) is 0 Å². The fraction of sp³-hybridized carbons (Fsp3) is 0.500. The summed E-state index contributed by atoms with van der Waals surface area (Å²) in [7, 11) is 0. The van der Waals surface area contributed by atoms with Crippen molar-refractivity contribution in [2.45, 2.75) is 25.0 Å². The number of halogens is 1. The summed E-state index contributed by atoms with van der Waals surface area (Å²) in [5.74, 6) is 0.786. The lowest BCUT2D eigenvalue weighted by atomic mass is 10.3. The van der Waals surface area contributed by atoms with Gasteiger partial charge in [-0.1, -0.05) is 15.9 Å². The monoisotopic (exact) mass is 285 g/mol. The zero-order valence-electron chi connectivity index (χ0n) is 9.03. The number of rotatable bonds is 6. The Morgan fingerprint density at radius 1 is 1.38 bits per heavy atom. The summed E-state index contributed by atoms with van der Waals surface area (Å²) in [5.41, 5.74) is 0. The number of hydrogen-bond acceptors (Lipinski definition) is 3. The van der Waals surface area contributed by atoms with Crippen molar-refractivity contribution in [3.8, 4) is 5.75 Å². The maximum absolute atomic E-state index is 9.64. The van der Waals surface area contributed by atoms with Gasteiger partial charge in [0.25, 0.3) is 0 Å². The number of ether oxygens (including phenoxy) is 1. The third kappa shape index (κ3) is 4.12. The van der Waals surface area contributed by atoms with Gasteiger partial charge in [-0.2, -0.15) is 0 Å². The van der Waals surface area contributed by atoms with Gasteiger partial charge < -0.3 is 15.2 Å². The van der Waals surface area contributed by atoms with Gasteiger partial charge in [0.15, 0.2) is 0 Å². The van der Waals surface area contributed by atoms with E-state index in [1.807, 2.05) is 24.3 Å². The van der Waals surface area contributed by atoms with E-state index in [1.165, 1.54) is 12.8 Å². The predicted molar refractivity (Wildman–Crippen MR) is 66.7 cm³/mol. The first-order valence-electron chi connectivity index (χ1n) is 5.54. The molecule has 1 atom stereocenters. The van der Waals surface area contributed by atoms with Crippen LogP contribution in [0.1, 0.15) is 12.8 Å². The molecule has 0 radical (unpaired) electrons. The first-order chi connectivity index (χ1) is 7.74. The molecule has 0 amide bonds. The van der Waals surface area contributed by atoms with Gasteiger partial charge in [0.1, 0.15) is 18.5 Å². The lowest BCUT2D eigenvalue weighted by Crippen LogP contribution is -2.32. The molecule has 88 valence electrons. The van der Waals surface area contributed by atoms with E-state index in [0.717, 1.165) is 10.2 Å². The van der Waals surface area contributed by atoms with Crippen LogP contribution in [0.3, 0.4) is 0 Å². The lowest BCUT2D eigenvalue weighted by molar-refractivity contribution is 0.106. The molecule has 0 aliphatic heterocycles. The van der Waals surface area contributed by atoms with Crippen LogP contribution in [0.5, 0.6) is 5.75 Å². The van der Waals surface area contributed by atoms with Crippen molar-refractivity contribution < 1.29 is 9.84 Å². The largest absolute Gasteiger partial charge is 0.491 e. The number of benzene rings is 1. The normalized spacial score (nSPS) is 17.1. The third-order valence-corrected chi connectivity index (χ3v) is 3.00. The van der Waals surface area contributed by atoms with E-state index in [1.54, 1.807) is 0 Å². The minimum Gasteiger partial charge on any atom is -0.491 e. The highest BCUT2D eigenvalue weighted by Crippen LogP contribution is 2.18. The summed E-state index contributed by atoms with van der Waals surface area (Å²) in [6.07, 6.45) is 2.03. The molecule has 1 saturated carbocycles. The van der Waals surface area contributed by atoms with Crippen LogP contribution < -0.4 is 10.1 Å². The molecule has 1 aromatic carbocycles. The molecule has 16 heavy (non-hydrogen) atoms. The molecule has 2 N–H and O–H groups in total. The summed E-state index contributed by atoms with van der Waals surface area (Å²) in [6.45, 7) is 0.947. The van der Waals surface area contributed by atoms with Gasteiger partial charge in [0.05, 0.1) is 0 Å². The Morgan fingerprint density at radius 2 is 2.06 bits per heavy atom. The molecule has 0 bridgehead atoms. The molecular formula is C12H16BrNO2. The van der Waals surface area contributed by atoms with Crippen molar-refractivity contribution in [1.29, 1.82) is 0 Å². The minimum absolute atomic E-state index is 0.335. The topological polar surface area (TPSA) is 41.5 Å². The van der Waals surface area contributed by atoms with Crippen molar-refractivity contribution in [3.63, 3.8) is 0 Å². The zero-order chi connectivity index (χ0) is 11.4. The molecule has 1 unspecified atom stereocenters. The Morgan fingerprint density at radius 3 is 2.69 bits per heavy atom. The van der Waals surface area contributed by atoms with Gasteiger partial charge in [-0.05, 0) is 37.1 Å². The minimum atomic E-state index is -0.441. The average molecular weight is 286 g/mol. The molecule has 1 aromatic rings. The van der Waals surface area contributed by atoms with Crippen molar-refractivity contribution >= 4 is 15.9 Å². The van der Waals surface area contributed by atoms with E-state index in [0.29, 0.717) is 19.2 Å². The number of nitrogens with one attached hydrogen (secondary N) is 1. The van der Waals surface area contributed by atoms with E-state index >= 15 is 0 Å². The summed E-state index contributed by atoms with van der Waals surface area (Å²) >= 11 is 3.36. The second kappa shape index (κ2) is 5.66. The average Bonchev–Trinajstić information content (AvgIpc) is 3.09. The predicted octanol–water partition coefficient (Wildman–Crippen LogP) is 1.94. The molecule has 0 aromatic heterocycles. The van der Waals surface area contributed by atoms with Crippen molar-refractivity contribution in [2.24, 2.45) is 0 Å². The van der Waals surface area contributed by atoms with Crippen LogP contribution in [-0.2, 0) is 0 Å². The number of aliphatic hydroxyl groups excluding tert-OH is 1. The summed E-state index contributed by atoms with van der Waals surface area (Å²) in [4.78, 5) is 0. The van der Waals surface area contributed by atoms with Crippen LogP contribution in [0.25, 0.3) is 0 Å². The van der Waals surface area contributed by atoms with Crippen LogP contribution in [0.15, 0.2) is 28.7 Å². The van der Waals surface area contributed by atoms with Gasteiger partial charge in [-0.25, -0.2) is 0 Å². The van der Waals surface area contributed by atoms with E-state index < -0.39 is 6.10 Å². The van der Waals surface area contributed by atoms with E-state index in [-0.39, 0.29) is 0 Å². The molecule has 3 nitrogen and oxygen atoms in total. The molecule has 0 heterocycles. The molecule has 1 fully saturated rings. The summed E-state index contributed by atoms with van der Waals surface area (Å²) in [6, 6.07) is 8.23.